The summed E-state index contributed by atoms with van der Waals surface area (Å²) in [7, 11) is 0. The number of H-pyrrole nitrogens is 2. The van der Waals surface area contributed by atoms with E-state index in [0.29, 0.717) is 0 Å². The van der Waals surface area contributed by atoms with Crippen LogP contribution in [0, 0.1) is 0 Å². The van der Waals surface area contributed by atoms with Gasteiger partial charge in [0.15, 0.2) is 0 Å². The maximum absolute atomic E-state index is 3.74. The van der Waals surface area contributed by atoms with Gasteiger partial charge in [-0.1, -0.05) is 127 Å². The van der Waals surface area contributed by atoms with Crippen LogP contribution in [0.15, 0.2) is 206 Å². The van der Waals surface area contributed by atoms with E-state index < -0.39 is 0 Å². The summed E-state index contributed by atoms with van der Waals surface area (Å²) in [5.74, 6) is 0. The van der Waals surface area contributed by atoms with Crippen LogP contribution in [0.3, 0.4) is 0 Å². The number of benzene rings is 9. The molecule has 2 N–H and O–H groups in total. The van der Waals surface area contributed by atoms with Gasteiger partial charge in [0.25, 0.3) is 0 Å². The Hall–Kier alpha value is -7.82. The topological polar surface area (TPSA) is 39.8 Å². The minimum absolute atomic E-state index is 1.11. The van der Waals surface area contributed by atoms with Gasteiger partial charge in [-0.15, -0.1) is 0 Å². The van der Waals surface area contributed by atoms with Crippen molar-refractivity contribution in [2.24, 2.45) is 0 Å². The molecule has 12 aromatic rings. The second-order valence-electron chi connectivity index (χ2n) is 15.1. The highest BCUT2D eigenvalue weighted by Gasteiger charge is 2.19. The zero-order valence-electron chi connectivity index (χ0n) is 31.5. The zero-order chi connectivity index (χ0) is 38.2. The quantitative estimate of drug-likeness (QED) is 0.175. The van der Waals surface area contributed by atoms with Crippen molar-refractivity contribution in [3.8, 4) is 27.9 Å². The zero-order valence-corrected chi connectivity index (χ0v) is 31.5. The van der Waals surface area contributed by atoms with Gasteiger partial charge >= 0.3 is 0 Å². The number of nitrogens with zero attached hydrogens (tertiary/aromatic N) is 2. The fraction of sp³-hybridized carbons (Fsp3) is 0. The molecule has 0 radical (unpaired) electrons. The van der Waals surface area contributed by atoms with E-state index >= 15 is 0 Å². The van der Waals surface area contributed by atoms with Crippen LogP contribution >= 0.6 is 0 Å². The number of aromatic amines is 2. The Kier molecular flexibility index (Phi) is 7.20. The molecule has 3 aromatic heterocycles. The molecule has 0 aliphatic heterocycles. The third-order valence-corrected chi connectivity index (χ3v) is 11.9. The molecule has 12 rings (SSSR count). The summed E-state index contributed by atoms with van der Waals surface area (Å²) in [6.07, 6.45) is 0. The third-order valence-electron chi connectivity index (χ3n) is 11.9. The number of fused-ring (bicyclic) bond motifs is 9. The molecule has 4 nitrogen and oxygen atoms in total. The van der Waals surface area contributed by atoms with Crippen LogP contribution in [-0.2, 0) is 0 Å². The Labute approximate surface area is 334 Å². The van der Waals surface area contributed by atoms with E-state index in [2.05, 4.69) is 226 Å². The van der Waals surface area contributed by atoms with Gasteiger partial charge in [-0.05, 0) is 90.0 Å². The summed E-state index contributed by atoms with van der Waals surface area (Å²) in [6.45, 7) is 0. The van der Waals surface area contributed by atoms with Crippen LogP contribution in [0.1, 0.15) is 0 Å². The van der Waals surface area contributed by atoms with Gasteiger partial charge in [0.2, 0.25) is 0 Å². The summed E-state index contributed by atoms with van der Waals surface area (Å²) in [4.78, 5) is 9.79. The lowest BCUT2D eigenvalue weighted by Gasteiger charge is -2.25. The van der Waals surface area contributed by atoms with Crippen molar-refractivity contribution in [2.45, 2.75) is 0 Å². The summed E-state index contributed by atoms with van der Waals surface area (Å²) < 4.78 is 2.42. The molecule has 4 heteroatoms. The number of nitrogens with one attached hydrogen (secondary N) is 2. The first-order valence-corrected chi connectivity index (χ1v) is 19.9. The SMILES string of the molecule is c1ccc(N(c2ccccc2)c2ccc3c(c2)c2cc(-c4cccc5c4[nH]c4ccccc45)ccc2n3-c2ccc(-c3cccc4c3[nH]c3ccccc34)cc2)cc1. The molecule has 0 fully saturated rings. The largest absolute Gasteiger partial charge is 0.354 e. The van der Waals surface area contributed by atoms with Gasteiger partial charge in [-0.3, -0.25) is 0 Å². The van der Waals surface area contributed by atoms with Gasteiger partial charge in [-0.25, -0.2) is 0 Å². The van der Waals surface area contributed by atoms with Crippen LogP contribution < -0.4 is 4.90 Å². The first kappa shape index (κ1) is 32.4. The van der Waals surface area contributed by atoms with Gasteiger partial charge < -0.3 is 19.4 Å². The number of hydrogen-bond donors (Lipinski definition) is 2. The highest BCUT2D eigenvalue weighted by molar-refractivity contribution is 6.15. The molecule has 0 amide bonds. The smallest absolute Gasteiger partial charge is 0.0544 e. The van der Waals surface area contributed by atoms with Crippen molar-refractivity contribution in [3.63, 3.8) is 0 Å². The molecule has 0 spiro atoms. The lowest BCUT2D eigenvalue weighted by molar-refractivity contribution is 1.18. The fourth-order valence-electron chi connectivity index (χ4n) is 9.21. The van der Waals surface area contributed by atoms with Crippen LogP contribution in [0.25, 0.3) is 93.4 Å². The maximum atomic E-state index is 3.74. The number of rotatable bonds is 6. The van der Waals surface area contributed by atoms with Crippen LogP contribution in [-0.4, -0.2) is 14.5 Å². The molecule has 0 atom stereocenters. The van der Waals surface area contributed by atoms with Crippen molar-refractivity contribution in [1.82, 2.24) is 14.5 Å². The molecule has 9 aromatic carbocycles. The molecule has 0 unspecified atom stereocenters. The van der Waals surface area contributed by atoms with Crippen molar-refractivity contribution in [2.75, 3.05) is 4.90 Å². The number of hydrogen-bond acceptors (Lipinski definition) is 1. The van der Waals surface area contributed by atoms with Crippen molar-refractivity contribution in [1.29, 1.82) is 0 Å². The predicted molar refractivity (Wildman–Crippen MR) is 245 cm³/mol. The van der Waals surface area contributed by atoms with Crippen molar-refractivity contribution < 1.29 is 0 Å². The van der Waals surface area contributed by atoms with Crippen molar-refractivity contribution >= 4 is 82.5 Å². The second-order valence-corrected chi connectivity index (χ2v) is 15.1. The minimum Gasteiger partial charge on any atom is -0.354 e. The Morgan fingerprint density at radius 1 is 0.328 bits per heavy atom. The molecular formula is C54H36N4. The molecule has 0 aliphatic carbocycles. The van der Waals surface area contributed by atoms with E-state index in [0.717, 1.165) is 50.3 Å². The number of anilines is 3. The first-order chi connectivity index (χ1) is 28.8. The standard InChI is InChI=1S/C54H36N4/c1-3-13-37(14-4-1)57(38-15-5-2-6-16-38)40-30-32-52-48(34-40)47-33-36(42-20-12-22-46-44-18-8-10-24-50(44)56-54(42)46)27-31-51(47)58(52)39-28-25-35(26-29-39)41-19-11-21-45-43-17-7-9-23-49(43)55-53(41)45/h1-34,55-56H. The van der Waals surface area contributed by atoms with Crippen LogP contribution in [0.5, 0.6) is 0 Å². The summed E-state index contributed by atoms with van der Waals surface area (Å²) in [6, 6.07) is 74.6. The van der Waals surface area contributed by atoms with E-state index in [-0.39, 0.29) is 0 Å². The highest BCUT2D eigenvalue weighted by atomic mass is 15.1. The lowest BCUT2D eigenvalue weighted by atomic mass is 10.00. The van der Waals surface area contributed by atoms with E-state index in [1.54, 1.807) is 0 Å². The molecule has 272 valence electrons. The molecule has 0 saturated carbocycles. The van der Waals surface area contributed by atoms with E-state index in [1.165, 1.54) is 60.1 Å². The number of para-hydroxylation sites is 6. The van der Waals surface area contributed by atoms with Gasteiger partial charge in [0, 0.05) is 77.2 Å². The normalized spacial score (nSPS) is 11.8. The average molecular weight is 741 g/mol. The van der Waals surface area contributed by atoms with E-state index in [4.69, 9.17) is 0 Å². The Balaban J connectivity index is 1.06. The lowest BCUT2D eigenvalue weighted by Crippen LogP contribution is -2.09. The van der Waals surface area contributed by atoms with Gasteiger partial charge in [-0.2, -0.15) is 0 Å². The monoisotopic (exact) mass is 740 g/mol. The average Bonchev–Trinajstić information content (AvgIpc) is 3.97. The Morgan fingerprint density at radius 2 is 0.810 bits per heavy atom. The molecule has 0 saturated heterocycles. The Morgan fingerprint density at radius 3 is 1.41 bits per heavy atom. The van der Waals surface area contributed by atoms with Crippen LogP contribution in [0.2, 0.25) is 0 Å². The molecule has 58 heavy (non-hydrogen) atoms. The second kappa shape index (κ2) is 12.9. The van der Waals surface area contributed by atoms with E-state index in [9.17, 15) is 0 Å². The summed E-state index contributed by atoms with van der Waals surface area (Å²) >= 11 is 0. The fourth-order valence-corrected chi connectivity index (χ4v) is 9.21. The van der Waals surface area contributed by atoms with Crippen LogP contribution in [0.4, 0.5) is 17.1 Å². The molecule has 0 aliphatic rings. The maximum Gasteiger partial charge on any atom is 0.0544 e. The van der Waals surface area contributed by atoms with Gasteiger partial charge in [0.05, 0.1) is 22.1 Å². The van der Waals surface area contributed by atoms with Gasteiger partial charge in [0.1, 0.15) is 0 Å². The van der Waals surface area contributed by atoms with E-state index in [1.807, 2.05) is 0 Å². The molecule has 3 heterocycles. The third kappa shape index (κ3) is 5.02. The minimum atomic E-state index is 1.11. The van der Waals surface area contributed by atoms with Crippen molar-refractivity contribution in [3.05, 3.63) is 206 Å². The molecular weight excluding hydrogens is 705 g/mol. The summed E-state index contributed by atoms with van der Waals surface area (Å²) in [5, 5.41) is 7.38. The first-order valence-electron chi connectivity index (χ1n) is 19.9. The summed E-state index contributed by atoms with van der Waals surface area (Å²) in [5.41, 5.74) is 16.2. The Bertz CT molecular complexity index is 3460. The molecule has 0 bridgehead atoms. The number of aromatic nitrogens is 3. The predicted octanol–water partition coefficient (Wildman–Crippen LogP) is 14.9. The highest BCUT2D eigenvalue weighted by Crippen LogP contribution is 2.42.